The van der Waals surface area contributed by atoms with Crippen LogP contribution in [0.4, 0.5) is 0 Å². The summed E-state index contributed by atoms with van der Waals surface area (Å²) in [5, 5.41) is 0. The van der Waals surface area contributed by atoms with E-state index in [1.807, 2.05) is 0 Å². The first-order valence-corrected chi connectivity index (χ1v) is 8.10. The van der Waals surface area contributed by atoms with E-state index in [4.69, 9.17) is 11.4 Å². The third-order valence-electron chi connectivity index (χ3n) is 1.27. The summed E-state index contributed by atoms with van der Waals surface area (Å²) in [4.78, 5) is 33.8. The number of rotatable bonds is 6. The molecule has 0 saturated heterocycles. The smallest absolute Gasteiger partial charge is 0.547 e. The molecule has 19 heavy (non-hydrogen) atoms. The van der Waals surface area contributed by atoms with Crippen LogP contribution in [0, 0.1) is 0 Å². The Kier molecular flexibility index (Phi) is 8.53. The molecule has 0 aliphatic heterocycles. The molecule has 0 heterocycles. The van der Waals surface area contributed by atoms with E-state index in [9.17, 15) is 14.4 Å². The number of halogens is 3. The molecule has 0 aliphatic carbocycles. The molecular weight excluding hydrogens is 471 g/mol. The van der Waals surface area contributed by atoms with Gasteiger partial charge in [-0.2, -0.15) is 0 Å². The molecule has 0 amide bonds. The van der Waals surface area contributed by atoms with Crippen LogP contribution in [0.5, 0.6) is 0 Å². The van der Waals surface area contributed by atoms with E-state index in [2.05, 4.69) is 67.5 Å². The van der Waals surface area contributed by atoms with Gasteiger partial charge in [-0.05, 0) is 47.8 Å². The molecule has 10 heteroatoms. The van der Waals surface area contributed by atoms with E-state index < -0.39 is 33.1 Å². The maximum atomic E-state index is 11.3. The third-order valence-corrected chi connectivity index (χ3v) is 3.47. The van der Waals surface area contributed by atoms with E-state index in [1.165, 1.54) is 0 Å². The van der Waals surface area contributed by atoms with E-state index in [0.717, 1.165) is 0 Å². The fourth-order valence-electron chi connectivity index (χ4n) is 0.526. The molecule has 0 N–H and O–H groups in total. The minimum absolute atomic E-state index is 0.118. The Morgan fingerprint density at radius 2 is 0.895 bits per heavy atom. The fraction of sp³-hybridized carbons (Fsp3) is 0. The number of carbonyl (C=O) groups is 3. The van der Waals surface area contributed by atoms with E-state index in [1.54, 1.807) is 0 Å². The monoisotopic (exact) mass is 474 g/mol. The Morgan fingerprint density at radius 3 is 1.05 bits per heavy atom. The Hall–Kier alpha value is -0.398. The van der Waals surface area contributed by atoms with Crippen molar-refractivity contribution in [1.82, 2.24) is 0 Å². The second-order valence-electron chi connectivity index (χ2n) is 2.72. The van der Waals surface area contributed by atoms with Gasteiger partial charge in [0.15, 0.2) is 0 Å². The van der Waals surface area contributed by atoms with Crippen molar-refractivity contribution in [3.63, 3.8) is 0 Å². The van der Waals surface area contributed by atoms with Gasteiger partial charge in [0.25, 0.3) is 0 Å². The molecule has 0 aromatic carbocycles. The van der Waals surface area contributed by atoms with Crippen molar-refractivity contribution in [2.45, 2.75) is 0 Å². The van der Waals surface area contributed by atoms with Gasteiger partial charge in [0, 0.05) is 0 Å². The van der Waals surface area contributed by atoms with Gasteiger partial charge in [-0.25, -0.2) is 14.4 Å². The Balaban J connectivity index is 4.82. The first-order valence-electron chi connectivity index (χ1n) is 4.31. The van der Waals surface area contributed by atoms with Crippen LogP contribution in [0.25, 0.3) is 0 Å². The van der Waals surface area contributed by atoms with Gasteiger partial charge in [-0.1, -0.05) is 19.7 Å². The molecule has 0 aromatic rings. The molecule has 0 rings (SSSR count). The van der Waals surface area contributed by atoms with E-state index in [-0.39, 0.29) is 13.4 Å². The van der Waals surface area contributed by atoms with Crippen molar-refractivity contribution in [1.29, 1.82) is 0 Å². The van der Waals surface area contributed by atoms with Gasteiger partial charge in [0.2, 0.25) is 0 Å². The van der Waals surface area contributed by atoms with Crippen LogP contribution in [0.1, 0.15) is 0 Å². The first kappa shape index (κ1) is 18.6. The highest BCUT2D eigenvalue weighted by atomic mass is 79.9. The summed E-state index contributed by atoms with van der Waals surface area (Å²) in [5.41, 5.74) is 0. The average Bonchev–Trinajstić information content (AvgIpc) is 2.27. The zero-order valence-corrected chi connectivity index (χ0v) is 15.2. The SMILES string of the molecule is C=C(Br)C(=O)[O][Al]([O]C(=O)C(=C)Br)[O]C(=O)C(=C)Br. The van der Waals surface area contributed by atoms with Crippen molar-refractivity contribution in [2.75, 3.05) is 0 Å². The molecular formula is C9H6AlBr3O6. The normalized spacial score (nSPS) is 9.00. The molecule has 6 nitrogen and oxygen atoms in total. The van der Waals surface area contributed by atoms with Crippen molar-refractivity contribution in [3.05, 3.63) is 33.2 Å². The lowest BCUT2D eigenvalue weighted by Gasteiger charge is -2.12. The first-order chi connectivity index (χ1) is 8.65. The van der Waals surface area contributed by atoms with E-state index in [0.29, 0.717) is 0 Å². The minimum Gasteiger partial charge on any atom is -0.547 e. The molecule has 0 radical (unpaired) electrons. The van der Waals surface area contributed by atoms with Crippen molar-refractivity contribution < 1.29 is 25.7 Å². The molecule has 0 saturated carbocycles. The Morgan fingerprint density at radius 1 is 0.684 bits per heavy atom. The number of carbonyl (C=O) groups excluding carboxylic acids is 3. The number of hydrogen-bond donors (Lipinski definition) is 0. The highest BCUT2D eigenvalue weighted by molar-refractivity contribution is 9.12. The molecule has 0 fully saturated rings. The average molecular weight is 477 g/mol. The summed E-state index contributed by atoms with van der Waals surface area (Å²) in [6.07, 6.45) is 0. The molecule has 0 spiro atoms. The quantitative estimate of drug-likeness (QED) is 0.432. The van der Waals surface area contributed by atoms with Crippen LogP contribution < -0.4 is 0 Å². The van der Waals surface area contributed by atoms with Gasteiger partial charge < -0.3 is 11.4 Å². The minimum atomic E-state index is -3.40. The van der Waals surface area contributed by atoms with Gasteiger partial charge in [0.05, 0.1) is 13.4 Å². The summed E-state index contributed by atoms with van der Waals surface area (Å²) in [7, 11) is 0. The fourth-order valence-corrected chi connectivity index (χ4v) is 2.42. The predicted octanol–water partition coefficient (Wildman–Crippen LogP) is 2.33. The molecule has 102 valence electrons. The standard InChI is InChI=1S/3C3H3BrO2.Al/c3*1-2(4)3(5)6;/h3*1H2,(H,5,6);/q;;;+3/p-3. The molecule has 0 atom stereocenters. The van der Waals surface area contributed by atoms with Gasteiger partial charge in [-0.3, -0.25) is 0 Å². The predicted molar refractivity (Wildman–Crippen MR) is 78.2 cm³/mol. The van der Waals surface area contributed by atoms with Crippen LogP contribution in [0.2, 0.25) is 0 Å². The Bertz CT molecular complexity index is 394. The lowest BCUT2D eigenvalue weighted by molar-refractivity contribution is -0.142. The largest absolute Gasteiger partial charge is 1.20 e. The van der Waals surface area contributed by atoms with E-state index >= 15 is 0 Å². The molecule has 0 bridgehead atoms. The van der Waals surface area contributed by atoms with Crippen LogP contribution in [0.15, 0.2) is 33.2 Å². The second kappa shape index (κ2) is 8.71. The maximum Gasteiger partial charge on any atom is 1.20 e. The summed E-state index contributed by atoms with van der Waals surface area (Å²) in [5.74, 6) is -2.76. The summed E-state index contributed by atoms with van der Waals surface area (Å²) >= 11 is 4.93. The Labute approximate surface area is 139 Å². The zero-order valence-electron chi connectivity index (χ0n) is 9.28. The summed E-state index contributed by atoms with van der Waals surface area (Å²) in [6, 6.07) is 0. The summed E-state index contributed by atoms with van der Waals surface area (Å²) in [6.45, 7) is 9.80. The highest BCUT2D eigenvalue weighted by Gasteiger charge is 2.49. The van der Waals surface area contributed by atoms with Gasteiger partial charge in [-0.15, -0.1) is 0 Å². The lowest BCUT2D eigenvalue weighted by Crippen LogP contribution is -2.34. The number of hydrogen-bond acceptors (Lipinski definition) is 6. The summed E-state index contributed by atoms with van der Waals surface area (Å²) < 4.78 is 13.7. The molecule has 0 aromatic heterocycles. The van der Waals surface area contributed by atoms with Crippen molar-refractivity contribution in [3.8, 4) is 0 Å². The van der Waals surface area contributed by atoms with Gasteiger partial charge in [0.1, 0.15) is 0 Å². The van der Waals surface area contributed by atoms with Crippen molar-refractivity contribution in [2.24, 2.45) is 0 Å². The van der Waals surface area contributed by atoms with Gasteiger partial charge >= 0.3 is 33.1 Å². The topological polar surface area (TPSA) is 78.9 Å². The van der Waals surface area contributed by atoms with Crippen LogP contribution in [-0.2, 0) is 25.7 Å². The van der Waals surface area contributed by atoms with Crippen molar-refractivity contribution >= 4 is 80.8 Å². The maximum absolute atomic E-state index is 11.3. The van der Waals surface area contributed by atoms with Crippen LogP contribution in [-0.4, -0.2) is 33.1 Å². The third kappa shape index (κ3) is 7.69. The molecule has 0 aliphatic rings. The lowest BCUT2D eigenvalue weighted by atomic mass is 10.7. The zero-order chi connectivity index (χ0) is 15.2. The van der Waals surface area contributed by atoms with Crippen LogP contribution >= 0.6 is 47.8 Å². The molecule has 0 unspecified atom stereocenters. The second-order valence-corrected chi connectivity index (χ2v) is 6.88. The van der Waals surface area contributed by atoms with Crippen LogP contribution in [0.3, 0.4) is 0 Å². The highest BCUT2D eigenvalue weighted by Crippen LogP contribution is 2.12.